The molecule has 0 radical (unpaired) electrons. The lowest BCUT2D eigenvalue weighted by molar-refractivity contribution is 0.103. The number of imidazole rings is 1. The minimum Gasteiger partial charge on any atom is -0.410 e. The molecule has 7 nitrogen and oxygen atoms in total. The summed E-state index contributed by atoms with van der Waals surface area (Å²) < 4.78 is 4.87. The van der Waals surface area contributed by atoms with Crippen LogP contribution in [0.5, 0.6) is 5.75 Å². The average molecular weight is 358 g/mol. The van der Waals surface area contributed by atoms with Gasteiger partial charge in [0.15, 0.2) is 5.78 Å². The third kappa shape index (κ3) is 3.38. The van der Waals surface area contributed by atoms with Gasteiger partial charge in [0, 0.05) is 35.2 Å². The van der Waals surface area contributed by atoms with Gasteiger partial charge in [-0.15, -0.1) is 0 Å². The molecule has 2 aromatic heterocycles. The molecule has 4 aromatic rings. The number of nitrogens with one attached hydrogen (secondary N) is 1. The third-order valence-corrected chi connectivity index (χ3v) is 4.03. The van der Waals surface area contributed by atoms with Crippen molar-refractivity contribution in [2.75, 3.05) is 0 Å². The number of H-pyrrole nitrogens is 1. The third-order valence-electron chi connectivity index (χ3n) is 4.03. The first-order valence-electron chi connectivity index (χ1n) is 8.12. The molecule has 2 aromatic carbocycles. The van der Waals surface area contributed by atoms with Gasteiger partial charge in [0.1, 0.15) is 11.6 Å². The Morgan fingerprint density at radius 2 is 1.63 bits per heavy atom. The van der Waals surface area contributed by atoms with Crippen LogP contribution in [-0.4, -0.2) is 26.8 Å². The number of fused-ring (bicyclic) bond motifs is 1. The number of pyridine rings is 1. The van der Waals surface area contributed by atoms with E-state index in [9.17, 15) is 9.59 Å². The van der Waals surface area contributed by atoms with Crippen molar-refractivity contribution < 1.29 is 14.3 Å². The molecule has 4 rings (SSSR count). The van der Waals surface area contributed by atoms with E-state index in [0.717, 1.165) is 11.1 Å². The number of nitrogens with two attached hydrogens (primary N) is 1. The van der Waals surface area contributed by atoms with Gasteiger partial charge in [-0.3, -0.25) is 9.78 Å². The van der Waals surface area contributed by atoms with Crippen molar-refractivity contribution in [2.45, 2.75) is 0 Å². The van der Waals surface area contributed by atoms with E-state index in [4.69, 9.17) is 10.5 Å². The van der Waals surface area contributed by atoms with Gasteiger partial charge < -0.3 is 15.5 Å². The Morgan fingerprint density at radius 1 is 0.926 bits per heavy atom. The first kappa shape index (κ1) is 16.5. The van der Waals surface area contributed by atoms with E-state index in [2.05, 4.69) is 15.0 Å². The van der Waals surface area contributed by atoms with Gasteiger partial charge in [-0.05, 0) is 24.3 Å². The molecule has 0 saturated carbocycles. The van der Waals surface area contributed by atoms with Crippen LogP contribution in [0.2, 0.25) is 0 Å². The Morgan fingerprint density at radius 3 is 2.33 bits per heavy atom. The van der Waals surface area contributed by atoms with Crippen molar-refractivity contribution in [2.24, 2.45) is 5.73 Å². The number of aromatic nitrogens is 3. The zero-order chi connectivity index (χ0) is 18.8. The first-order chi connectivity index (χ1) is 13.1. The van der Waals surface area contributed by atoms with Crippen LogP contribution in [0.4, 0.5) is 4.79 Å². The minimum atomic E-state index is -0.872. The zero-order valence-electron chi connectivity index (χ0n) is 14.0. The summed E-state index contributed by atoms with van der Waals surface area (Å²) in [4.78, 5) is 34.9. The number of nitrogens with zero attached hydrogens (tertiary/aromatic N) is 2. The van der Waals surface area contributed by atoms with Crippen LogP contribution in [-0.2, 0) is 0 Å². The number of hydrogen-bond donors (Lipinski definition) is 2. The van der Waals surface area contributed by atoms with Crippen molar-refractivity contribution in [3.8, 4) is 17.1 Å². The topological polar surface area (TPSA) is 111 Å². The number of carbonyl (C=O) groups excluding carboxylic acids is 2. The van der Waals surface area contributed by atoms with Gasteiger partial charge in [0.2, 0.25) is 0 Å². The molecule has 0 aliphatic heterocycles. The summed E-state index contributed by atoms with van der Waals surface area (Å²) in [6.45, 7) is 0. The number of benzene rings is 2. The number of rotatable bonds is 4. The highest BCUT2D eigenvalue weighted by molar-refractivity contribution is 6.09. The van der Waals surface area contributed by atoms with E-state index >= 15 is 0 Å². The second-order valence-electron chi connectivity index (χ2n) is 5.83. The number of ketones is 1. The summed E-state index contributed by atoms with van der Waals surface area (Å²) in [6, 6.07) is 15.5. The number of carbonyl (C=O) groups is 2. The Kier molecular flexibility index (Phi) is 4.10. The number of primary amides is 1. The molecule has 0 unspecified atom stereocenters. The molecular weight excluding hydrogens is 344 g/mol. The minimum absolute atomic E-state index is 0.0678. The van der Waals surface area contributed by atoms with Crippen molar-refractivity contribution in [1.82, 2.24) is 15.0 Å². The van der Waals surface area contributed by atoms with E-state index in [1.54, 1.807) is 54.9 Å². The van der Waals surface area contributed by atoms with Gasteiger partial charge in [-0.2, -0.15) is 0 Å². The monoisotopic (exact) mass is 358 g/mol. The number of ether oxygens (including phenoxy) is 1. The standard InChI is InChI=1S/C20H14N4O3/c21-20(26)27-15-5-6-16-17(11-15)24-19(23-16)14-3-1-12(2-4-14)18(25)13-7-9-22-10-8-13/h1-11H,(H2,21,26)(H,23,24). The van der Waals surface area contributed by atoms with E-state index in [0.29, 0.717) is 28.2 Å². The summed E-state index contributed by atoms with van der Waals surface area (Å²) >= 11 is 0. The highest BCUT2D eigenvalue weighted by atomic mass is 16.5. The molecule has 0 bridgehead atoms. The number of hydrogen-bond acceptors (Lipinski definition) is 5. The largest absolute Gasteiger partial charge is 0.410 e. The molecule has 2 heterocycles. The van der Waals surface area contributed by atoms with Crippen molar-refractivity contribution in [1.29, 1.82) is 0 Å². The highest BCUT2D eigenvalue weighted by Crippen LogP contribution is 2.24. The van der Waals surface area contributed by atoms with Gasteiger partial charge in [0.25, 0.3) is 0 Å². The van der Waals surface area contributed by atoms with Crippen LogP contribution >= 0.6 is 0 Å². The first-order valence-corrected chi connectivity index (χ1v) is 8.12. The fourth-order valence-electron chi connectivity index (χ4n) is 2.75. The zero-order valence-corrected chi connectivity index (χ0v) is 14.0. The Labute approximate surface area is 153 Å². The lowest BCUT2D eigenvalue weighted by Gasteiger charge is -2.02. The lowest BCUT2D eigenvalue weighted by Crippen LogP contribution is -2.16. The summed E-state index contributed by atoms with van der Waals surface area (Å²) in [5.74, 6) is 0.912. The Hall–Kier alpha value is -4.00. The maximum atomic E-state index is 12.5. The molecule has 0 atom stereocenters. The van der Waals surface area contributed by atoms with Crippen LogP contribution in [0.3, 0.4) is 0 Å². The Bertz CT molecular complexity index is 1140. The van der Waals surface area contributed by atoms with Gasteiger partial charge in [0.05, 0.1) is 11.0 Å². The van der Waals surface area contributed by atoms with Crippen LogP contribution in [0.25, 0.3) is 22.4 Å². The van der Waals surface area contributed by atoms with Crippen LogP contribution < -0.4 is 10.5 Å². The van der Waals surface area contributed by atoms with Gasteiger partial charge >= 0.3 is 6.09 Å². The van der Waals surface area contributed by atoms with Gasteiger partial charge in [-0.25, -0.2) is 9.78 Å². The molecular formula is C20H14N4O3. The fraction of sp³-hybridized carbons (Fsp3) is 0. The molecule has 0 aliphatic rings. The molecule has 0 aliphatic carbocycles. The summed E-state index contributed by atoms with van der Waals surface area (Å²) in [5, 5.41) is 0. The molecule has 0 spiro atoms. The average Bonchev–Trinajstić information content (AvgIpc) is 3.11. The van der Waals surface area contributed by atoms with E-state index in [1.165, 1.54) is 0 Å². The van der Waals surface area contributed by atoms with Crippen molar-refractivity contribution >= 4 is 22.9 Å². The predicted molar refractivity (Wildman–Crippen MR) is 99.4 cm³/mol. The molecule has 0 fully saturated rings. The number of aromatic amines is 1. The highest BCUT2D eigenvalue weighted by Gasteiger charge is 2.11. The van der Waals surface area contributed by atoms with Crippen LogP contribution in [0.15, 0.2) is 67.0 Å². The van der Waals surface area contributed by atoms with Crippen LogP contribution in [0.1, 0.15) is 15.9 Å². The predicted octanol–water partition coefficient (Wildman–Crippen LogP) is 3.31. The molecule has 1 amide bonds. The van der Waals surface area contributed by atoms with E-state index in [-0.39, 0.29) is 5.78 Å². The molecule has 27 heavy (non-hydrogen) atoms. The summed E-state index contributed by atoms with van der Waals surface area (Å²) in [6.07, 6.45) is 2.31. The summed E-state index contributed by atoms with van der Waals surface area (Å²) in [5.41, 5.74) is 8.45. The summed E-state index contributed by atoms with van der Waals surface area (Å²) in [7, 11) is 0. The molecule has 132 valence electrons. The van der Waals surface area contributed by atoms with E-state index < -0.39 is 6.09 Å². The van der Waals surface area contributed by atoms with E-state index in [1.807, 2.05) is 12.1 Å². The SMILES string of the molecule is NC(=O)Oc1ccc2nc(-c3ccc(C(=O)c4ccncc4)cc3)[nH]c2c1. The quantitative estimate of drug-likeness (QED) is 0.544. The normalized spacial score (nSPS) is 10.7. The van der Waals surface area contributed by atoms with Crippen LogP contribution in [0, 0.1) is 0 Å². The fourth-order valence-corrected chi connectivity index (χ4v) is 2.75. The maximum Gasteiger partial charge on any atom is 0.409 e. The maximum absolute atomic E-state index is 12.5. The van der Waals surface area contributed by atoms with Gasteiger partial charge in [-0.1, -0.05) is 24.3 Å². The lowest BCUT2D eigenvalue weighted by atomic mass is 10.0. The molecule has 7 heteroatoms. The number of amides is 1. The van der Waals surface area contributed by atoms with Crippen molar-refractivity contribution in [3.63, 3.8) is 0 Å². The molecule has 0 saturated heterocycles. The Balaban J connectivity index is 1.62. The smallest absolute Gasteiger partial charge is 0.409 e. The second kappa shape index (κ2) is 6.72. The van der Waals surface area contributed by atoms with Crippen molar-refractivity contribution in [3.05, 3.63) is 78.1 Å². The molecule has 3 N–H and O–H groups in total. The second-order valence-corrected chi connectivity index (χ2v) is 5.83.